The van der Waals surface area contributed by atoms with E-state index in [9.17, 15) is 13.6 Å². The maximum atomic E-state index is 12.7. The molecule has 0 radical (unpaired) electrons. The second kappa shape index (κ2) is 6.63. The molecule has 2 amide bonds. The number of urea groups is 1. The van der Waals surface area contributed by atoms with Gasteiger partial charge in [-0.1, -0.05) is 0 Å². The van der Waals surface area contributed by atoms with Crippen molar-refractivity contribution in [3.63, 3.8) is 0 Å². The first-order valence-electron chi connectivity index (χ1n) is 6.80. The van der Waals surface area contributed by atoms with Gasteiger partial charge in [0.25, 0.3) is 6.43 Å². The van der Waals surface area contributed by atoms with Gasteiger partial charge in [0.2, 0.25) is 0 Å². The van der Waals surface area contributed by atoms with Crippen LogP contribution in [0.3, 0.4) is 0 Å². The molecule has 1 aromatic heterocycles. The van der Waals surface area contributed by atoms with Gasteiger partial charge in [0, 0.05) is 18.9 Å². The van der Waals surface area contributed by atoms with E-state index in [-0.39, 0.29) is 5.92 Å². The molecule has 1 aromatic rings. The van der Waals surface area contributed by atoms with Crippen molar-refractivity contribution < 1.29 is 13.6 Å². The maximum Gasteiger partial charge on any atom is 0.315 e. The lowest BCUT2D eigenvalue weighted by Crippen LogP contribution is -2.47. The van der Waals surface area contributed by atoms with Crippen molar-refractivity contribution in [2.24, 2.45) is 5.92 Å². The highest BCUT2D eigenvalue weighted by Gasteiger charge is 2.38. The Morgan fingerprint density at radius 1 is 1.50 bits per heavy atom. The molecule has 0 aliphatic heterocycles. The standard InChI is InChI=1S/C14H19F2N3O/c1-9-8-17-6-4-10(9)5-7-18-14(20)19-12(13(15)16)11-2-3-11/h4,6,8,11-13H,2-3,5,7H2,1H3,(H2,18,19,20). The Kier molecular flexibility index (Phi) is 4.87. The molecule has 1 atom stereocenters. The lowest BCUT2D eigenvalue weighted by Gasteiger charge is -2.17. The molecule has 2 rings (SSSR count). The molecule has 0 aromatic carbocycles. The topological polar surface area (TPSA) is 54.0 Å². The van der Waals surface area contributed by atoms with Crippen molar-refractivity contribution in [2.75, 3.05) is 6.54 Å². The van der Waals surface area contributed by atoms with Crippen LogP contribution in [0.4, 0.5) is 13.6 Å². The monoisotopic (exact) mass is 283 g/mol. The summed E-state index contributed by atoms with van der Waals surface area (Å²) in [6.45, 7) is 2.36. The number of halogens is 2. The molecule has 4 nitrogen and oxygen atoms in total. The number of carbonyl (C=O) groups is 1. The Balaban J connectivity index is 1.73. The van der Waals surface area contributed by atoms with Crippen molar-refractivity contribution >= 4 is 6.03 Å². The average molecular weight is 283 g/mol. The number of alkyl halides is 2. The summed E-state index contributed by atoms with van der Waals surface area (Å²) in [7, 11) is 0. The van der Waals surface area contributed by atoms with Crippen LogP contribution < -0.4 is 10.6 Å². The largest absolute Gasteiger partial charge is 0.338 e. The molecule has 6 heteroatoms. The van der Waals surface area contributed by atoms with E-state index in [4.69, 9.17) is 0 Å². The van der Waals surface area contributed by atoms with Crippen molar-refractivity contribution in [3.05, 3.63) is 29.6 Å². The van der Waals surface area contributed by atoms with Gasteiger partial charge in [-0.25, -0.2) is 13.6 Å². The lowest BCUT2D eigenvalue weighted by molar-refractivity contribution is 0.0916. The van der Waals surface area contributed by atoms with Crippen molar-refractivity contribution in [1.82, 2.24) is 15.6 Å². The molecule has 1 heterocycles. The van der Waals surface area contributed by atoms with E-state index in [1.807, 2.05) is 13.0 Å². The normalized spacial score (nSPS) is 16.0. The molecule has 0 bridgehead atoms. The fraction of sp³-hybridized carbons (Fsp3) is 0.571. The van der Waals surface area contributed by atoms with E-state index in [1.54, 1.807) is 12.4 Å². The highest BCUT2D eigenvalue weighted by Crippen LogP contribution is 2.35. The highest BCUT2D eigenvalue weighted by atomic mass is 19.3. The van der Waals surface area contributed by atoms with E-state index in [0.717, 1.165) is 24.0 Å². The van der Waals surface area contributed by atoms with E-state index >= 15 is 0 Å². The molecule has 110 valence electrons. The van der Waals surface area contributed by atoms with Gasteiger partial charge >= 0.3 is 6.03 Å². The minimum Gasteiger partial charge on any atom is -0.338 e. The summed E-state index contributed by atoms with van der Waals surface area (Å²) >= 11 is 0. The van der Waals surface area contributed by atoms with E-state index in [1.165, 1.54) is 0 Å². The van der Waals surface area contributed by atoms with E-state index < -0.39 is 18.5 Å². The number of aromatic nitrogens is 1. The molecule has 1 aliphatic rings. The Morgan fingerprint density at radius 3 is 2.85 bits per heavy atom. The Labute approximate surface area is 117 Å². The lowest BCUT2D eigenvalue weighted by atomic mass is 10.1. The molecule has 2 N–H and O–H groups in total. The smallest absolute Gasteiger partial charge is 0.315 e. The third-order valence-electron chi connectivity index (χ3n) is 3.52. The summed E-state index contributed by atoms with van der Waals surface area (Å²) in [6, 6.07) is 0.354. The van der Waals surface area contributed by atoms with Gasteiger partial charge in [-0.2, -0.15) is 0 Å². The van der Waals surface area contributed by atoms with Crippen molar-refractivity contribution in [3.8, 4) is 0 Å². The van der Waals surface area contributed by atoms with Crippen molar-refractivity contribution in [1.29, 1.82) is 0 Å². The minimum atomic E-state index is -2.50. The number of carbonyl (C=O) groups excluding carboxylic acids is 1. The number of nitrogens with zero attached hydrogens (tertiary/aromatic N) is 1. The first kappa shape index (κ1) is 14.7. The Bertz CT molecular complexity index is 461. The van der Waals surface area contributed by atoms with E-state index in [0.29, 0.717) is 13.0 Å². The van der Waals surface area contributed by atoms with E-state index in [2.05, 4.69) is 15.6 Å². The Hall–Kier alpha value is -1.72. The number of amides is 2. The van der Waals surface area contributed by atoms with Crippen LogP contribution in [0.25, 0.3) is 0 Å². The molecule has 0 spiro atoms. The van der Waals surface area contributed by atoms with Crippen LogP contribution in [-0.2, 0) is 6.42 Å². The summed E-state index contributed by atoms with van der Waals surface area (Å²) in [6.07, 6.45) is 3.15. The fourth-order valence-electron chi connectivity index (χ4n) is 2.14. The van der Waals surface area contributed by atoms with Gasteiger partial charge < -0.3 is 10.6 Å². The predicted molar refractivity (Wildman–Crippen MR) is 71.7 cm³/mol. The number of hydrogen-bond acceptors (Lipinski definition) is 2. The van der Waals surface area contributed by atoms with Crippen molar-refractivity contribution in [2.45, 2.75) is 38.7 Å². The third-order valence-corrected chi connectivity index (χ3v) is 3.52. The van der Waals surface area contributed by atoms with Gasteiger partial charge in [-0.3, -0.25) is 4.98 Å². The van der Waals surface area contributed by atoms with Crippen LogP contribution in [0.1, 0.15) is 24.0 Å². The fourth-order valence-corrected chi connectivity index (χ4v) is 2.14. The molecule has 20 heavy (non-hydrogen) atoms. The third kappa shape index (κ3) is 4.15. The summed E-state index contributed by atoms with van der Waals surface area (Å²) < 4.78 is 25.5. The first-order valence-corrected chi connectivity index (χ1v) is 6.80. The van der Waals surface area contributed by atoms with Gasteiger partial charge in [-0.05, 0) is 49.3 Å². The summed E-state index contributed by atoms with van der Waals surface area (Å²) in [5, 5.41) is 4.99. The van der Waals surface area contributed by atoms with Crippen LogP contribution in [0.2, 0.25) is 0 Å². The van der Waals surface area contributed by atoms with Crippen LogP contribution in [0.5, 0.6) is 0 Å². The van der Waals surface area contributed by atoms with Gasteiger partial charge in [0.05, 0.1) is 6.04 Å². The van der Waals surface area contributed by atoms with Gasteiger partial charge in [0.15, 0.2) is 0 Å². The average Bonchev–Trinajstić information content (AvgIpc) is 3.22. The number of nitrogens with one attached hydrogen (secondary N) is 2. The number of hydrogen-bond donors (Lipinski definition) is 2. The molecule has 1 fully saturated rings. The first-order chi connectivity index (χ1) is 9.58. The zero-order valence-corrected chi connectivity index (χ0v) is 11.4. The number of rotatable bonds is 6. The summed E-state index contributed by atoms with van der Waals surface area (Å²) in [5.41, 5.74) is 2.14. The predicted octanol–water partition coefficient (Wildman–Crippen LogP) is 2.28. The second-order valence-electron chi connectivity index (χ2n) is 5.15. The molecule has 1 saturated carbocycles. The minimum absolute atomic E-state index is 0.0665. The quantitative estimate of drug-likeness (QED) is 0.841. The zero-order valence-electron chi connectivity index (χ0n) is 11.4. The molecular weight excluding hydrogens is 264 g/mol. The molecule has 0 saturated heterocycles. The zero-order chi connectivity index (χ0) is 14.5. The Morgan fingerprint density at radius 2 is 2.25 bits per heavy atom. The van der Waals surface area contributed by atoms with Crippen LogP contribution in [-0.4, -0.2) is 30.0 Å². The summed E-state index contributed by atoms with van der Waals surface area (Å²) in [4.78, 5) is 15.6. The van der Waals surface area contributed by atoms with Gasteiger partial charge in [0.1, 0.15) is 0 Å². The highest BCUT2D eigenvalue weighted by molar-refractivity contribution is 5.74. The second-order valence-corrected chi connectivity index (χ2v) is 5.15. The van der Waals surface area contributed by atoms with Crippen LogP contribution in [0.15, 0.2) is 18.5 Å². The maximum absolute atomic E-state index is 12.7. The van der Waals surface area contributed by atoms with Crippen LogP contribution in [0, 0.1) is 12.8 Å². The summed E-state index contributed by atoms with van der Waals surface area (Å²) in [5.74, 6) is -0.0665. The number of aryl methyl sites for hydroxylation is 1. The molecular formula is C14H19F2N3O. The number of pyridine rings is 1. The van der Waals surface area contributed by atoms with Gasteiger partial charge in [-0.15, -0.1) is 0 Å². The molecule has 1 aliphatic carbocycles. The SMILES string of the molecule is Cc1cnccc1CCNC(=O)NC(C(F)F)C1CC1. The van der Waals surface area contributed by atoms with Crippen LogP contribution >= 0.6 is 0 Å². The molecule has 1 unspecified atom stereocenters.